The molecule has 104 valence electrons. The number of nitrogens with two attached hydrogens (primary N) is 1. The molecule has 20 heavy (non-hydrogen) atoms. The van der Waals surface area contributed by atoms with Crippen molar-refractivity contribution in [2.75, 3.05) is 5.32 Å². The van der Waals surface area contributed by atoms with Gasteiger partial charge in [-0.05, 0) is 54.8 Å². The molecule has 0 fully saturated rings. The van der Waals surface area contributed by atoms with Crippen LogP contribution in [0.4, 0.5) is 5.69 Å². The van der Waals surface area contributed by atoms with Crippen molar-refractivity contribution in [3.63, 3.8) is 0 Å². The van der Waals surface area contributed by atoms with Crippen LogP contribution < -0.4 is 11.1 Å². The molecule has 0 bridgehead atoms. The fourth-order valence-electron chi connectivity index (χ4n) is 2.00. The number of amides is 1. The minimum atomic E-state index is -0.402. The molecule has 0 aliphatic heterocycles. The number of carbonyl (C=O) groups is 1. The van der Waals surface area contributed by atoms with Crippen LogP contribution in [0.5, 0.6) is 0 Å². The van der Waals surface area contributed by atoms with E-state index in [-0.39, 0.29) is 0 Å². The number of hydrogen-bond acceptors (Lipinski definition) is 2. The molecule has 2 rings (SSSR count). The zero-order valence-corrected chi connectivity index (χ0v) is 13.1. The van der Waals surface area contributed by atoms with Gasteiger partial charge in [0.2, 0.25) is 5.91 Å². The summed E-state index contributed by atoms with van der Waals surface area (Å²) < 4.78 is 1.09. The van der Waals surface area contributed by atoms with E-state index in [2.05, 4.69) is 46.4 Å². The van der Waals surface area contributed by atoms with Crippen LogP contribution in [0, 0.1) is 13.8 Å². The Morgan fingerprint density at radius 1 is 1.20 bits per heavy atom. The number of primary amides is 1. The monoisotopic (exact) mass is 332 g/mol. The molecule has 1 amide bonds. The van der Waals surface area contributed by atoms with Gasteiger partial charge in [0.15, 0.2) is 0 Å². The lowest BCUT2D eigenvalue weighted by Gasteiger charge is -2.12. The fourth-order valence-corrected chi connectivity index (χ4v) is 2.63. The first-order valence-electron chi connectivity index (χ1n) is 6.36. The molecule has 2 aromatic carbocycles. The Bertz CT molecular complexity index is 653. The largest absolute Gasteiger partial charge is 0.381 e. The first-order chi connectivity index (χ1) is 9.47. The number of halogens is 1. The third-order valence-corrected chi connectivity index (χ3v) is 3.93. The number of nitrogens with one attached hydrogen (secondary N) is 1. The van der Waals surface area contributed by atoms with Crippen LogP contribution >= 0.6 is 15.9 Å². The molecular formula is C16H17BrN2O. The highest BCUT2D eigenvalue weighted by atomic mass is 79.9. The zero-order chi connectivity index (χ0) is 14.7. The first kappa shape index (κ1) is 14.6. The Labute approximate surface area is 127 Å². The number of benzene rings is 2. The van der Waals surface area contributed by atoms with Gasteiger partial charge in [-0.2, -0.15) is 0 Å². The van der Waals surface area contributed by atoms with Gasteiger partial charge in [-0.3, -0.25) is 4.79 Å². The van der Waals surface area contributed by atoms with Crippen LogP contribution in [0.25, 0.3) is 0 Å². The van der Waals surface area contributed by atoms with Crippen molar-refractivity contribution < 1.29 is 4.79 Å². The van der Waals surface area contributed by atoms with Crippen LogP contribution in [0.1, 0.15) is 27.0 Å². The zero-order valence-electron chi connectivity index (χ0n) is 11.5. The second kappa shape index (κ2) is 6.09. The van der Waals surface area contributed by atoms with Crippen molar-refractivity contribution >= 4 is 27.5 Å². The maximum Gasteiger partial charge on any atom is 0.248 e. The van der Waals surface area contributed by atoms with Crippen LogP contribution in [0.3, 0.4) is 0 Å². The maximum absolute atomic E-state index is 11.1. The summed E-state index contributed by atoms with van der Waals surface area (Å²) in [6, 6.07) is 11.7. The number of carbonyl (C=O) groups excluding carboxylic acids is 1. The van der Waals surface area contributed by atoms with E-state index in [1.165, 1.54) is 11.1 Å². The summed E-state index contributed by atoms with van der Waals surface area (Å²) in [5.74, 6) is -0.402. The van der Waals surface area contributed by atoms with Gasteiger partial charge in [0.25, 0.3) is 0 Å². The van der Waals surface area contributed by atoms with Gasteiger partial charge in [-0.1, -0.05) is 28.1 Å². The van der Waals surface area contributed by atoms with Crippen LogP contribution in [-0.4, -0.2) is 5.91 Å². The van der Waals surface area contributed by atoms with Crippen molar-refractivity contribution in [3.05, 3.63) is 63.1 Å². The topological polar surface area (TPSA) is 55.1 Å². The van der Waals surface area contributed by atoms with Crippen LogP contribution in [0.2, 0.25) is 0 Å². The van der Waals surface area contributed by atoms with Crippen molar-refractivity contribution in [2.45, 2.75) is 20.4 Å². The van der Waals surface area contributed by atoms with E-state index in [9.17, 15) is 4.79 Å². The Hall–Kier alpha value is -1.81. The lowest BCUT2D eigenvalue weighted by molar-refractivity contribution is 0.1000. The Morgan fingerprint density at radius 2 is 1.95 bits per heavy atom. The highest BCUT2D eigenvalue weighted by molar-refractivity contribution is 9.10. The molecule has 2 aromatic rings. The summed E-state index contributed by atoms with van der Waals surface area (Å²) >= 11 is 3.57. The molecule has 0 aliphatic rings. The predicted molar refractivity (Wildman–Crippen MR) is 85.9 cm³/mol. The van der Waals surface area contributed by atoms with Gasteiger partial charge in [0.1, 0.15) is 0 Å². The average Bonchev–Trinajstić information content (AvgIpc) is 2.38. The van der Waals surface area contributed by atoms with Gasteiger partial charge < -0.3 is 11.1 Å². The predicted octanol–water partition coefficient (Wildman–Crippen LogP) is 3.78. The molecule has 0 saturated heterocycles. The van der Waals surface area contributed by atoms with Gasteiger partial charge in [-0.25, -0.2) is 0 Å². The van der Waals surface area contributed by atoms with Gasteiger partial charge in [0, 0.05) is 22.3 Å². The Morgan fingerprint density at radius 3 is 2.55 bits per heavy atom. The molecule has 3 nitrogen and oxygen atoms in total. The van der Waals surface area contributed by atoms with E-state index in [1.54, 1.807) is 12.1 Å². The van der Waals surface area contributed by atoms with E-state index in [0.29, 0.717) is 5.56 Å². The van der Waals surface area contributed by atoms with E-state index < -0.39 is 5.91 Å². The lowest BCUT2D eigenvalue weighted by Crippen LogP contribution is -2.11. The Balaban J connectivity index is 2.13. The molecule has 0 unspecified atom stereocenters. The first-order valence-corrected chi connectivity index (χ1v) is 7.16. The molecule has 3 N–H and O–H groups in total. The highest BCUT2D eigenvalue weighted by Gasteiger charge is 2.05. The van der Waals surface area contributed by atoms with Gasteiger partial charge in [0.05, 0.1) is 0 Å². The molecule has 0 aliphatic carbocycles. The van der Waals surface area contributed by atoms with Crippen molar-refractivity contribution in [2.24, 2.45) is 5.73 Å². The highest BCUT2D eigenvalue weighted by Crippen LogP contribution is 2.21. The molecule has 0 saturated carbocycles. The molecule has 0 radical (unpaired) electrons. The standard InChI is InChI=1S/C16H17BrN2O/c1-10-3-4-13(14(17)7-10)9-19-15-6-5-12(16(18)20)8-11(15)2/h3-8,19H,9H2,1-2H3,(H2,18,20). The third kappa shape index (κ3) is 3.39. The summed E-state index contributed by atoms with van der Waals surface area (Å²) in [5.41, 5.74) is 10.2. The maximum atomic E-state index is 11.1. The Kier molecular flexibility index (Phi) is 4.45. The van der Waals surface area contributed by atoms with Crippen LogP contribution in [0.15, 0.2) is 40.9 Å². The average molecular weight is 333 g/mol. The summed E-state index contributed by atoms with van der Waals surface area (Å²) in [7, 11) is 0. The second-order valence-corrected chi connectivity index (χ2v) is 5.70. The smallest absolute Gasteiger partial charge is 0.248 e. The molecule has 0 atom stereocenters. The number of anilines is 1. The molecule has 4 heteroatoms. The molecular weight excluding hydrogens is 316 g/mol. The minimum absolute atomic E-state index is 0.402. The lowest BCUT2D eigenvalue weighted by atomic mass is 10.1. The summed E-state index contributed by atoms with van der Waals surface area (Å²) in [5, 5.41) is 3.37. The van der Waals surface area contributed by atoms with Gasteiger partial charge in [-0.15, -0.1) is 0 Å². The molecule has 0 heterocycles. The second-order valence-electron chi connectivity index (χ2n) is 4.84. The van der Waals surface area contributed by atoms with Crippen molar-refractivity contribution in [1.29, 1.82) is 0 Å². The minimum Gasteiger partial charge on any atom is -0.381 e. The van der Waals surface area contributed by atoms with E-state index >= 15 is 0 Å². The number of rotatable bonds is 4. The number of aryl methyl sites for hydroxylation is 2. The van der Waals surface area contributed by atoms with Gasteiger partial charge >= 0.3 is 0 Å². The summed E-state index contributed by atoms with van der Waals surface area (Å²) in [6.07, 6.45) is 0. The van der Waals surface area contributed by atoms with E-state index in [4.69, 9.17) is 5.73 Å². The SMILES string of the molecule is Cc1ccc(CNc2ccc(C(N)=O)cc2C)c(Br)c1. The van der Waals surface area contributed by atoms with Crippen LogP contribution in [-0.2, 0) is 6.54 Å². The summed E-state index contributed by atoms with van der Waals surface area (Å²) in [4.78, 5) is 11.1. The van der Waals surface area contributed by atoms with E-state index in [1.807, 2.05) is 13.0 Å². The van der Waals surface area contributed by atoms with Crippen molar-refractivity contribution in [3.8, 4) is 0 Å². The fraction of sp³-hybridized carbons (Fsp3) is 0.188. The van der Waals surface area contributed by atoms with Crippen molar-refractivity contribution in [1.82, 2.24) is 0 Å². The van der Waals surface area contributed by atoms with E-state index in [0.717, 1.165) is 22.3 Å². The third-order valence-electron chi connectivity index (χ3n) is 3.19. The number of hydrogen-bond donors (Lipinski definition) is 2. The quantitative estimate of drug-likeness (QED) is 0.895. The molecule has 0 aromatic heterocycles. The summed E-state index contributed by atoms with van der Waals surface area (Å²) in [6.45, 7) is 4.74. The molecule has 0 spiro atoms. The normalized spacial score (nSPS) is 10.3.